The molecule has 2 aromatic rings. The average molecular weight is 250 g/mol. The number of hydrogen-bond donors (Lipinski definition) is 0. The van der Waals surface area contributed by atoms with Crippen molar-refractivity contribution in [3.8, 4) is 5.88 Å². The standard InChI is InChI=1S/C14H16ClNO/c1-14(2,3)12-8-16-13(17-4)10-6-5-9(15)7-11(10)12/h5-8H,1-4H3. The molecule has 1 heterocycles. The molecule has 0 bridgehead atoms. The van der Waals surface area contributed by atoms with E-state index in [2.05, 4.69) is 25.8 Å². The van der Waals surface area contributed by atoms with Crippen molar-refractivity contribution in [2.45, 2.75) is 26.2 Å². The molecular formula is C14H16ClNO. The Kier molecular flexibility index (Phi) is 3.00. The number of pyridine rings is 1. The number of nitrogens with zero attached hydrogens (tertiary/aromatic N) is 1. The van der Waals surface area contributed by atoms with Crippen molar-refractivity contribution >= 4 is 22.4 Å². The number of halogens is 1. The van der Waals surface area contributed by atoms with Crippen LogP contribution in [0.15, 0.2) is 24.4 Å². The van der Waals surface area contributed by atoms with Crippen LogP contribution in [-0.4, -0.2) is 12.1 Å². The Morgan fingerprint density at radius 2 is 1.88 bits per heavy atom. The lowest BCUT2D eigenvalue weighted by Gasteiger charge is -2.21. The Morgan fingerprint density at radius 3 is 2.47 bits per heavy atom. The van der Waals surface area contributed by atoms with Crippen LogP contribution in [0, 0.1) is 0 Å². The Bertz CT molecular complexity index is 558. The maximum Gasteiger partial charge on any atom is 0.221 e. The van der Waals surface area contributed by atoms with E-state index in [1.807, 2.05) is 24.4 Å². The second kappa shape index (κ2) is 4.19. The molecule has 0 N–H and O–H groups in total. The highest BCUT2D eigenvalue weighted by Crippen LogP contribution is 2.34. The molecule has 0 fully saturated rings. The summed E-state index contributed by atoms with van der Waals surface area (Å²) in [4.78, 5) is 4.36. The van der Waals surface area contributed by atoms with Gasteiger partial charge in [-0.1, -0.05) is 32.4 Å². The van der Waals surface area contributed by atoms with E-state index in [1.54, 1.807) is 7.11 Å². The van der Waals surface area contributed by atoms with E-state index >= 15 is 0 Å². The van der Waals surface area contributed by atoms with Crippen LogP contribution in [0.25, 0.3) is 10.8 Å². The van der Waals surface area contributed by atoms with Crippen LogP contribution in [0.5, 0.6) is 5.88 Å². The van der Waals surface area contributed by atoms with Crippen molar-refractivity contribution in [3.63, 3.8) is 0 Å². The lowest BCUT2D eigenvalue weighted by Crippen LogP contribution is -2.12. The summed E-state index contributed by atoms with van der Waals surface area (Å²) >= 11 is 6.08. The van der Waals surface area contributed by atoms with Gasteiger partial charge in [0.2, 0.25) is 5.88 Å². The smallest absolute Gasteiger partial charge is 0.221 e. The number of rotatable bonds is 1. The molecule has 0 spiro atoms. The van der Waals surface area contributed by atoms with E-state index in [-0.39, 0.29) is 5.41 Å². The van der Waals surface area contributed by atoms with Crippen molar-refractivity contribution in [1.82, 2.24) is 4.98 Å². The zero-order valence-corrected chi connectivity index (χ0v) is 11.3. The van der Waals surface area contributed by atoms with Gasteiger partial charge in [-0.3, -0.25) is 0 Å². The van der Waals surface area contributed by atoms with Crippen LogP contribution in [-0.2, 0) is 5.41 Å². The van der Waals surface area contributed by atoms with Crippen molar-refractivity contribution in [1.29, 1.82) is 0 Å². The van der Waals surface area contributed by atoms with E-state index < -0.39 is 0 Å². The van der Waals surface area contributed by atoms with Crippen LogP contribution < -0.4 is 4.74 Å². The SMILES string of the molecule is COc1ncc(C(C)(C)C)c2cc(Cl)ccc12. The van der Waals surface area contributed by atoms with E-state index in [4.69, 9.17) is 16.3 Å². The zero-order chi connectivity index (χ0) is 12.6. The van der Waals surface area contributed by atoms with Gasteiger partial charge in [0, 0.05) is 16.6 Å². The molecule has 0 aliphatic rings. The van der Waals surface area contributed by atoms with Crippen molar-refractivity contribution in [2.75, 3.05) is 7.11 Å². The molecule has 3 heteroatoms. The van der Waals surface area contributed by atoms with Crippen LogP contribution in [0.1, 0.15) is 26.3 Å². The Balaban J connectivity index is 2.84. The van der Waals surface area contributed by atoms with Gasteiger partial charge in [0.15, 0.2) is 0 Å². The molecule has 0 atom stereocenters. The number of fused-ring (bicyclic) bond motifs is 1. The third kappa shape index (κ3) is 2.22. The molecule has 0 radical (unpaired) electrons. The summed E-state index contributed by atoms with van der Waals surface area (Å²) in [5.74, 6) is 0.643. The predicted octanol–water partition coefficient (Wildman–Crippen LogP) is 4.19. The largest absolute Gasteiger partial charge is 0.481 e. The third-order valence-electron chi connectivity index (χ3n) is 2.81. The van der Waals surface area contributed by atoms with Crippen molar-refractivity contribution in [2.24, 2.45) is 0 Å². The van der Waals surface area contributed by atoms with Crippen molar-refractivity contribution in [3.05, 3.63) is 35.0 Å². The predicted molar refractivity (Wildman–Crippen MR) is 72.0 cm³/mol. The minimum atomic E-state index is 0.0300. The fraction of sp³-hybridized carbons (Fsp3) is 0.357. The van der Waals surface area contributed by atoms with E-state index in [0.29, 0.717) is 5.88 Å². The quantitative estimate of drug-likeness (QED) is 0.756. The van der Waals surface area contributed by atoms with Gasteiger partial charge in [-0.2, -0.15) is 0 Å². The first-order chi connectivity index (χ1) is 7.93. The topological polar surface area (TPSA) is 22.1 Å². The molecule has 0 aliphatic heterocycles. The van der Waals surface area contributed by atoms with Crippen LogP contribution in [0.4, 0.5) is 0 Å². The summed E-state index contributed by atoms with van der Waals surface area (Å²) in [6, 6.07) is 5.79. The molecule has 0 saturated carbocycles. The molecule has 90 valence electrons. The minimum Gasteiger partial charge on any atom is -0.481 e. The van der Waals surface area contributed by atoms with Gasteiger partial charge in [0.1, 0.15) is 0 Å². The summed E-state index contributed by atoms with van der Waals surface area (Å²) in [6.45, 7) is 6.49. The van der Waals surface area contributed by atoms with Gasteiger partial charge in [-0.25, -0.2) is 4.98 Å². The lowest BCUT2D eigenvalue weighted by atomic mass is 9.85. The summed E-state index contributed by atoms with van der Waals surface area (Å²) in [5, 5.41) is 2.84. The fourth-order valence-corrected chi connectivity index (χ4v) is 2.12. The van der Waals surface area contributed by atoms with Crippen LogP contribution in [0.3, 0.4) is 0 Å². The molecule has 2 nitrogen and oxygen atoms in total. The van der Waals surface area contributed by atoms with Gasteiger partial charge >= 0.3 is 0 Å². The summed E-state index contributed by atoms with van der Waals surface area (Å²) in [7, 11) is 1.63. The number of aromatic nitrogens is 1. The number of benzene rings is 1. The molecule has 2 rings (SSSR count). The summed E-state index contributed by atoms with van der Waals surface area (Å²) in [5.41, 5.74) is 1.21. The molecule has 0 amide bonds. The zero-order valence-electron chi connectivity index (χ0n) is 10.5. The molecule has 17 heavy (non-hydrogen) atoms. The first-order valence-corrected chi connectivity index (χ1v) is 5.94. The van der Waals surface area contributed by atoms with Crippen LogP contribution >= 0.6 is 11.6 Å². The molecule has 0 aliphatic carbocycles. The average Bonchev–Trinajstić information content (AvgIpc) is 2.25. The van der Waals surface area contributed by atoms with Gasteiger partial charge in [-0.15, -0.1) is 0 Å². The highest BCUT2D eigenvalue weighted by atomic mass is 35.5. The second-order valence-electron chi connectivity index (χ2n) is 5.12. The molecule has 1 aromatic carbocycles. The van der Waals surface area contributed by atoms with Gasteiger partial charge in [0.25, 0.3) is 0 Å². The van der Waals surface area contributed by atoms with E-state index in [1.165, 1.54) is 5.56 Å². The first-order valence-electron chi connectivity index (χ1n) is 5.56. The molecular weight excluding hydrogens is 234 g/mol. The Morgan fingerprint density at radius 1 is 1.18 bits per heavy atom. The van der Waals surface area contributed by atoms with Crippen LogP contribution in [0.2, 0.25) is 5.02 Å². The normalized spacial score (nSPS) is 11.8. The monoisotopic (exact) mass is 249 g/mol. The number of hydrogen-bond acceptors (Lipinski definition) is 2. The van der Waals surface area contributed by atoms with E-state index in [0.717, 1.165) is 15.8 Å². The van der Waals surface area contributed by atoms with E-state index in [9.17, 15) is 0 Å². The molecule has 0 saturated heterocycles. The summed E-state index contributed by atoms with van der Waals surface area (Å²) < 4.78 is 5.28. The lowest BCUT2D eigenvalue weighted by molar-refractivity contribution is 0.402. The highest BCUT2D eigenvalue weighted by molar-refractivity contribution is 6.31. The Labute approximate surface area is 107 Å². The maximum atomic E-state index is 6.08. The minimum absolute atomic E-state index is 0.0300. The maximum absolute atomic E-state index is 6.08. The van der Waals surface area contributed by atoms with Gasteiger partial charge in [0.05, 0.1) is 7.11 Å². The van der Waals surface area contributed by atoms with Gasteiger partial charge < -0.3 is 4.74 Å². The first kappa shape index (κ1) is 12.2. The fourth-order valence-electron chi connectivity index (χ4n) is 1.95. The highest BCUT2D eigenvalue weighted by Gasteiger charge is 2.19. The molecule has 0 unspecified atom stereocenters. The van der Waals surface area contributed by atoms with Gasteiger partial charge in [-0.05, 0) is 34.6 Å². The third-order valence-corrected chi connectivity index (χ3v) is 3.05. The van der Waals surface area contributed by atoms with Crippen molar-refractivity contribution < 1.29 is 4.74 Å². The Hall–Kier alpha value is -1.28. The number of ether oxygens (including phenoxy) is 1. The second-order valence-corrected chi connectivity index (χ2v) is 5.56. The summed E-state index contributed by atoms with van der Waals surface area (Å²) in [6.07, 6.45) is 1.87. The molecule has 1 aromatic heterocycles. The number of methoxy groups -OCH3 is 1.